The Balaban J connectivity index is 1.87. The van der Waals surface area contributed by atoms with Crippen LogP contribution < -0.4 is 0 Å². The molecule has 1 aliphatic heterocycles. The summed E-state index contributed by atoms with van der Waals surface area (Å²) in [7, 11) is -3.40. The lowest BCUT2D eigenvalue weighted by Gasteiger charge is -2.35. The SMILES string of the molecule is O=S(=O)(CC1CCCCC1)N1CCC(C(O)C(F)(F)F)CC1. The molecule has 1 atom stereocenters. The minimum Gasteiger partial charge on any atom is -0.383 e. The van der Waals surface area contributed by atoms with Gasteiger partial charge in [-0.15, -0.1) is 0 Å². The molecule has 0 aromatic carbocycles. The van der Waals surface area contributed by atoms with Crippen LogP contribution in [0.4, 0.5) is 13.2 Å². The molecular weight excluding hydrogens is 319 g/mol. The van der Waals surface area contributed by atoms with Crippen LogP contribution >= 0.6 is 0 Å². The molecule has 2 fully saturated rings. The number of piperidine rings is 1. The van der Waals surface area contributed by atoms with Gasteiger partial charge in [0.05, 0.1) is 5.75 Å². The zero-order chi connectivity index (χ0) is 16.4. The first-order valence-electron chi connectivity index (χ1n) is 7.93. The summed E-state index contributed by atoms with van der Waals surface area (Å²) in [4.78, 5) is 0. The Morgan fingerprint density at radius 2 is 1.59 bits per heavy atom. The number of aliphatic hydroxyl groups excluding tert-OH is 1. The number of halogens is 3. The van der Waals surface area contributed by atoms with E-state index in [0.29, 0.717) is 0 Å². The molecule has 1 saturated heterocycles. The summed E-state index contributed by atoms with van der Waals surface area (Å²) in [6.45, 7) is 0.152. The third-order valence-electron chi connectivity index (χ3n) is 4.84. The van der Waals surface area contributed by atoms with E-state index in [0.717, 1.165) is 32.1 Å². The quantitative estimate of drug-likeness (QED) is 0.853. The van der Waals surface area contributed by atoms with Crippen molar-refractivity contribution in [2.24, 2.45) is 11.8 Å². The first-order valence-corrected chi connectivity index (χ1v) is 9.53. The van der Waals surface area contributed by atoms with Crippen LogP contribution in [0.2, 0.25) is 0 Å². The highest BCUT2D eigenvalue weighted by atomic mass is 32.2. The van der Waals surface area contributed by atoms with Crippen LogP contribution in [0.15, 0.2) is 0 Å². The Hall–Kier alpha value is -0.340. The molecule has 1 N–H and O–H groups in total. The molecule has 1 aliphatic carbocycles. The second kappa shape index (κ2) is 7.05. The highest BCUT2D eigenvalue weighted by molar-refractivity contribution is 7.89. The molecule has 22 heavy (non-hydrogen) atoms. The zero-order valence-corrected chi connectivity index (χ0v) is 13.4. The predicted octanol–water partition coefficient (Wildman–Crippen LogP) is 2.53. The van der Waals surface area contributed by atoms with Crippen molar-refractivity contribution in [3.05, 3.63) is 0 Å². The van der Waals surface area contributed by atoms with Gasteiger partial charge in [-0.25, -0.2) is 12.7 Å². The zero-order valence-electron chi connectivity index (χ0n) is 12.6. The maximum absolute atomic E-state index is 12.5. The van der Waals surface area contributed by atoms with Crippen molar-refractivity contribution in [3.63, 3.8) is 0 Å². The molecule has 4 nitrogen and oxygen atoms in total. The number of nitrogens with zero attached hydrogens (tertiary/aromatic N) is 1. The van der Waals surface area contributed by atoms with Gasteiger partial charge in [0.25, 0.3) is 0 Å². The fourth-order valence-electron chi connectivity index (χ4n) is 3.49. The van der Waals surface area contributed by atoms with Crippen LogP contribution in [0.5, 0.6) is 0 Å². The summed E-state index contributed by atoms with van der Waals surface area (Å²) >= 11 is 0. The second-order valence-corrected chi connectivity index (χ2v) is 8.52. The van der Waals surface area contributed by atoms with E-state index < -0.39 is 28.2 Å². The molecular formula is C14H24F3NO3S. The van der Waals surface area contributed by atoms with Crippen molar-refractivity contribution in [2.75, 3.05) is 18.8 Å². The van der Waals surface area contributed by atoms with E-state index in [9.17, 15) is 26.7 Å². The molecule has 0 radical (unpaired) electrons. The molecule has 0 aromatic heterocycles. The fraction of sp³-hybridized carbons (Fsp3) is 1.00. The smallest absolute Gasteiger partial charge is 0.383 e. The summed E-state index contributed by atoms with van der Waals surface area (Å²) in [5.74, 6) is -0.613. The lowest BCUT2D eigenvalue weighted by atomic mass is 9.91. The summed E-state index contributed by atoms with van der Waals surface area (Å²) in [6.07, 6.45) is -1.76. The molecule has 0 spiro atoms. The molecule has 1 heterocycles. The molecule has 2 aliphatic rings. The molecule has 0 bridgehead atoms. The minimum atomic E-state index is -4.63. The summed E-state index contributed by atoms with van der Waals surface area (Å²) in [5.41, 5.74) is 0. The van der Waals surface area contributed by atoms with E-state index in [4.69, 9.17) is 0 Å². The molecule has 1 saturated carbocycles. The number of alkyl halides is 3. The van der Waals surface area contributed by atoms with Crippen molar-refractivity contribution in [1.82, 2.24) is 4.31 Å². The Kier molecular flexibility index (Phi) is 5.77. The highest BCUT2D eigenvalue weighted by Crippen LogP contribution is 2.33. The van der Waals surface area contributed by atoms with Crippen molar-refractivity contribution in [3.8, 4) is 0 Å². The van der Waals surface area contributed by atoms with Gasteiger partial charge in [0.15, 0.2) is 6.10 Å². The van der Waals surface area contributed by atoms with Crippen molar-refractivity contribution >= 4 is 10.0 Å². The number of rotatable bonds is 4. The van der Waals surface area contributed by atoms with Crippen LogP contribution in [-0.2, 0) is 10.0 Å². The van der Waals surface area contributed by atoms with Gasteiger partial charge >= 0.3 is 6.18 Å². The van der Waals surface area contributed by atoms with E-state index in [2.05, 4.69) is 0 Å². The topological polar surface area (TPSA) is 57.6 Å². The van der Waals surface area contributed by atoms with Gasteiger partial charge in [-0.05, 0) is 37.5 Å². The van der Waals surface area contributed by atoms with Gasteiger partial charge in [-0.3, -0.25) is 0 Å². The van der Waals surface area contributed by atoms with Gasteiger partial charge in [0.2, 0.25) is 10.0 Å². The van der Waals surface area contributed by atoms with Crippen LogP contribution in [0.1, 0.15) is 44.9 Å². The average molecular weight is 343 g/mol. The van der Waals surface area contributed by atoms with Gasteiger partial charge in [0, 0.05) is 13.1 Å². The third-order valence-corrected chi connectivity index (χ3v) is 6.89. The Morgan fingerprint density at radius 1 is 1.05 bits per heavy atom. The lowest BCUT2D eigenvalue weighted by molar-refractivity contribution is -0.222. The fourth-order valence-corrected chi connectivity index (χ4v) is 5.40. The van der Waals surface area contributed by atoms with Gasteiger partial charge in [0.1, 0.15) is 0 Å². The van der Waals surface area contributed by atoms with E-state index in [1.54, 1.807) is 0 Å². The van der Waals surface area contributed by atoms with E-state index >= 15 is 0 Å². The van der Waals surface area contributed by atoms with Gasteiger partial charge < -0.3 is 5.11 Å². The largest absolute Gasteiger partial charge is 0.414 e. The number of hydrogen-bond donors (Lipinski definition) is 1. The standard InChI is InChI=1S/C14H24F3NO3S/c15-14(16,17)13(19)12-6-8-18(9-7-12)22(20,21)10-11-4-2-1-3-5-11/h11-13,19H,1-10H2. The highest BCUT2D eigenvalue weighted by Gasteiger charge is 2.45. The van der Waals surface area contributed by atoms with Crippen LogP contribution in [0.25, 0.3) is 0 Å². The second-order valence-electron chi connectivity index (χ2n) is 6.51. The summed E-state index contributed by atoms with van der Waals surface area (Å²) in [5, 5.41) is 9.27. The predicted molar refractivity (Wildman–Crippen MR) is 76.7 cm³/mol. The van der Waals surface area contributed by atoms with E-state index in [-0.39, 0.29) is 37.6 Å². The maximum atomic E-state index is 12.5. The monoisotopic (exact) mass is 343 g/mol. The lowest BCUT2D eigenvalue weighted by Crippen LogP contribution is -2.46. The molecule has 0 aromatic rings. The molecule has 1 unspecified atom stereocenters. The third kappa shape index (κ3) is 4.58. The molecule has 130 valence electrons. The molecule has 2 rings (SSSR count). The van der Waals surface area contributed by atoms with E-state index in [1.807, 2.05) is 0 Å². The summed E-state index contributed by atoms with van der Waals surface area (Å²) in [6, 6.07) is 0. The Morgan fingerprint density at radius 3 is 2.09 bits per heavy atom. The number of sulfonamides is 1. The maximum Gasteiger partial charge on any atom is 0.414 e. The van der Waals surface area contributed by atoms with Crippen molar-refractivity contribution in [1.29, 1.82) is 0 Å². The van der Waals surface area contributed by atoms with Crippen LogP contribution in [0.3, 0.4) is 0 Å². The van der Waals surface area contributed by atoms with E-state index in [1.165, 1.54) is 4.31 Å². The van der Waals surface area contributed by atoms with Crippen LogP contribution in [-0.4, -0.2) is 49.0 Å². The van der Waals surface area contributed by atoms with Gasteiger partial charge in [-0.2, -0.15) is 13.2 Å². The first-order chi connectivity index (χ1) is 10.2. The van der Waals surface area contributed by atoms with Gasteiger partial charge in [-0.1, -0.05) is 19.3 Å². The average Bonchev–Trinajstić information content (AvgIpc) is 2.46. The normalized spacial score (nSPS) is 25.3. The first kappa shape index (κ1) is 18.0. The number of aliphatic hydroxyl groups is 1. The Bertz CT molecular complexity index is 452. The summed E-state index contributed by atoms with van der Waals surface area (Å²) < 4.78 is 63.5. The molecule has 8 heteroatoms. The van der Waals surface area contributed by atoms with Crippen LogP contribution in [0, 0.1) is 11.8 Å². The van der Waals surface area contributed by atoms with Crippen molar-refractivity contribution < 1.29 is 26.7 Å². The molecule has 0 amide bonds. The van der Waals surface area contributed by atoms with Crippen molar-refractivity contribution in [2.45, 2.75) is 57.2 Å². The Labute approximate surface area is 129 Å². The number of hydrogen-bond acceptors (Lipinski definition) is 3. The minimum absolute atomic E-state index is 0.0601.